The van der Waals surface area contributed by atoms with E-state index in [9.17, 15) is 0 Å². The van der Waals surface area contributed by atoms with Crippen LogP contribution in [-0.4, -0.2) is 28.0 Å². The molecule has 18 heavy (non-hydrogen) atoms. The average Bonchev–Trinajstić information content (AvgIpc) is 2.33. The molecule has 0 radical (unpaired) electrons. The van der Waals surface area contributed by atoms with Crippen molar-refractivity contribution >= 4 is 23.4 Å². The van der Waals surface area contributed by atoms with Crippen LogP contribution >= 0.6 is 11.8 Å². The van der Waals surface area contributed by atoms with Gasteiger partial charge in [0.1, 0.15) is 17.5 Å². The smallest absolute Gasteiger partial charge is 0.134 e. The zero-order valence-corrected chi connectivity index (χ0v) is 12.6. The third-order valence-corrected chi connectivity index (χ3v) is 3.49. The van der Waals surface area contributed by atoms with Crippen molar-refractivity contribution in [3.63, 3.8) is 0 Å². The Labute approximate surface area is 114 Å². The molecule has 1 atom stereocenters. The fourth-order valence-corrected chi connectivity index (χ4v) is 2.25. The van der Waals surface area contributed by atoms with E-state index in [0.717, 1.165) is 42.2 Å². The van der Waals surface area contributed by atoms with Crippen molar-refractivity contribution in [2.45, 2.75) is 46.1 Å². The molecule has 0 aromatic carbocycles. The maximum absolute atomic E-state index is 5.93. The van der Waals surface area contributed by atoms with Gasteiger partial charge in [0.2, 0.25) is 0 Å². The summed E-state index contributed by atoms with van der Waals surface area (Å²) in [5, 5.41) is 3.44. The monoisotopic (exact) mass is 268 g/mol. The highest BCUT2D eigenvalue weighted by atomic mass is 32.2. The quantitative estimate of drug-likeness (QED) is 0.796. The molecule has 1 rings (SSSR count). The highest BCUT2D eigenvalue weighted by Gasteiger charge is 2.10. The Kier molecular flexibility index (Phi) is 6.25. The predicted molar refractivity (Wildman–Crippen MR) is 81.3 cm³/mol. The van der Waals surface area contributed by atoms with Gasteiger partial charge in [0, 0.05) is 18.0 Å². The zero-order chi connectivity index (χ0) is 13.5. The van der Waals surface area contributed by atoms with E-state index < -0.39 is 0 Å². The van der Waals surface area contributed by atoms with Crippen LogP contribution in [0.3, 0.4) is 0 Å². The molecule has 0 saturated heterocycles. The average molecular weight is 268 g/mol. The topological polar surface area (TPSA) is 63.8 Å². The second-order valence-corrected chi connectivity index (χ2v) is 5.56. The van der Waals surface area contributed by atoms with Gasteiger partial charge in [-0.15, -0.1) is 0 Å². The van der Waals surface area contributed by atoms with E-state index >= 15 is 0 Å². The number of anilines is 2. The molecule has 0 aliphatic heterocycles. The lowest BCUT2D eigenvalue weighted by Gasteiger charge is -2.17. The zero-order valence-electron chi connectivity index (χ0n) is 11.8. The molecule has 1 aromatic rings. The summed E-state index contributed by atoms with van der Waals surface area (Å²) in [7, 11) is 0. The molecule has 1 heterocycles. The van der Waals surface area contributed by atoms with Gasteiger partial charge in [-0.05, 0) is 38.7 Å². The Bertz CT molecular complexity index is 381. The van der Waals surface area contributed by atoms with E-state index in [0.29, 0.717) is 11.9 Å². The summed E-state index contributed by atoms with van der Waals surface area (Å²) in [5.41, 5.74) is 6.88. The molecule has 0 fully saturated rings. The first-order valence-electron chi connectivity index (χ1n) is 6.46. The van der Waals surface area contributed by atoms with Crippen LogP contribution < -0.4 is 11.1 Å². The number of hydrogen-bond donors (Lipinski definition) is 2. The summed E-state index contributed by atoms with van der Waals surface area (Å²) < 4.78 is 0. The lowest BCUT2D eigenvalue weighted by Crippen LogP contribution is -2.19. The minimum atomic E-state index is 0.403. The standard InChI is InChI=1S/C13H24N4S/c1-5-6-11-16-12(14)10(3)13(17-11)15-9(2)7-8-18-4/h9H,5-8H2,1-4H3,(H3,14,15,16,17). The SMILES string of the molecule is CCCc1nc(N)c(C)c(NC(C)CCSC)n1. The number of nitrogen functional groups attached to an aromatic ring is 1. The molecule has 3 N–H and O–H groups in total. The molecule has 4 nitrogen and oxygen atoms in total. The highest BCUT2D eigenvalue weighted by Crippen LogP contribution is 2.19. The largest absolute Gasteiger partial charge is 0.383 e. The summed E-state index contributed by atoms with van der Waals surface area (Å²) in [5.74, 6) is 3.46. The van der Waals surface area contributed by atoms with Gasteiger partial charge in [-0.1, -0.05) is 6.92 Å². The van der Waals surface area contributed by atoms with Gasteiger partial charge in [-0.25, -0.2) is 9.97 Å². The van der Waals surface area contributed by atoms with Gasteiger partial charge in [0.15, 0.2) is 0 Å². The maximum Gasteiger partial charge on any atom is 0.134 e. The van der Waals surface area contributed by atoms with Crippen LogP contribution in [0.5, 0.6) is 0 Å². The van der Waals surface area contributed by atoms with Crippen LogP contribution in [0.2, 0.25) is 0 Å². The van der Waals surface area contributed by atoms with E-state index in [1.54, 1.807) is 0 Å². The van der Waals surface area contributed by atoms with Crippen molar-refractivity contribution < 1.29 is 0 Å². The van der Waals surface area contributed by atoms with Crippen molar-refractivity contribution in [2.75, 3.05) is 23.1 Å². The molecule has 0 spiro atoms. The molecule has 0 saturated carbocycles. The van der Waals surface area contributed by atoms with E-state index in [-0.39, 0.29) is 0 Å². The number of aromatic nitrogens is 2. The summed E-state index contributed by atoms with van der Waals surface area (Å²) in [6.45, 7) is 6.26. The van der Waals surface area contributed by atoms with Gasteiger partial charge in [0.25, 0.3) is 0 Å². The number of nitrogens with zero attached hydrogens (tertiary/aromatic N) is 2. The fourth-order valence-electron chi connectivity index (χ4n) is 1.66. The number of thioether (sulfide) groups is 1. The Hall–Kier alpha value is -0.970. The van der Waals surface area contributed by atoms with Crippen LogP contribution in [0, 0.1) is 6.92 Å². The molecular weight excluding hydrogens is 244 g/mol. The number of nitrogens with two attached hydrogens (primary N) is 1. The van der Waals surface area contributed by atoms with Crippen molar-refractivity contribution in [3.05, 3.63) is 11.4 Å². The minimum Gasteiger partial charge on any atom is -0.383 e. The predicted octanol–water partition coefficient (Wildman–Crippen LogP) is 2.87. The first kappa shape index (κ1) is 15.1. The minimum absolute atomic E-state index is 0.403. The van der Waals surface area contributed by atoms with Crippen molar-refractivity contribution in [3.8, 4) is 0 Å². The van der Waals surface area contributed by atoms with Crippen LogP contribution in [0.15, 0.2) is 0 Å². The van der Waals surface area contributed by atoms with E-state index in [2.05, 4.69) is 35.4 Å². The van der Waals surface area contributed by atoms with Gasteiger partial charge < -0.3 is 11.1 Å². The Balaban J connectivity index is 2.79. The van der Waals surface area contributed by atoms with Crippen molar-refractivity contribution in [1.82, 2.24) is 9.97 Å². The summed E-state index contributed by atoms with van der Waals surface area (Å²) in [6, 6.07) is 0.403. The molecule has 1 aromatic heterocycles. The number of nitrogens with one attached hydrogen (secondary N) is 1. The normalized spacial score (nSPS) is 12.4. The first-order chi connectivity index (χ1) is 8.58. The Morgan fingerprint density at radius 1 is 1.39 bits per heavy atom. The lowest BCUT2D eigenvalue weighted by atomic mass is 10.2. The molecular formula is C13H24N4S. The van der Waals surface area contributed by atoms with E-state index in [1.807, 2.05) is 18.7 Å². The van der Waals surface area contributed by atoms with Crippen LogP contribution in [0.1, 0.15) is 38.1 Å². The summed E-state index contributed by atoms with van der Waals surface area (Å²) in [6.07, 6.45) is 5.15. The van der Waals surface area contributed by atoms with Gasteiger partial charge in [0.05, 0.1) is 0 Å². The molecule has 1 unspecified atom stereocenters. The maximum atomic E-state index is 5.93. The number of hydrogen-bond acceptors (Lipinski definition) is 5. The molecule has 102 valence electrons. The summed E-state index contributed by atoms with van der Waals surface area (Å²) >= 11 is 1.86. The first-order valence-corrected chi connectivity index (χ1v) is 7.86. The second kappa shape index (κ2) is 7.46. The molecule has 0 bridgehead atoms. The van der Waals surface area contributed by atoms with Crippen LogP contribution in [0.25, 0.3) is 0 Å². The van der Waals surface area contributed by atoms with Crippen LogP contribution in [-0.2, 0) is 6.42 Å². The number of aryl methyl sites for hydroxylation is 1. The molecule has 0 aliphatic rings. The fraction of sp³-hybridized carbons (Fsp3) is 0.692. The van der Waals surface area contributed by atoms with Gasteiger partial charge in [-0.2, -0.15) is 11.8 Å². The second-order valence-electron chi connectivity index (χ2n) is 4.58. The Morgan fingerprint density at radius 2 is 2.11 bits per heavy atom. The van der Waals surface area contributed by atoms with Crippen molar-refractivity contribution in [2.24, 2.45) is 0 Å². The number of rotatable bonds is 7. The Morgan fingerprint density at radius 3 is 2.72 bits per heavy atom. The van der Waals surface area contributed by atoms with Gasteiger partial charge >= 0.3 is 0 Å². The van der Waals surface area contributed by atoms with E-state index in [1.165, 1.54) is 0 Å². The van der Waals surface area contributed by atoms with Gasteiger partial charge in [-0.3, -0.25) is 0 Å². The molecule has 0 amide bonds. The van der Waals surface area contributed by atoms with E-state index in [4.69, 9.17) is 5.73 Å². The van der Waals surface area contributed by atoms with Crippen LogP contribution in [0.4, 0.5) is 11.6 Å². The lowest BCUT2D eigenvalue weighted by molar-refractivity contribution is 0.757. The molecule has 0 aliphatic carbocycles. The molecule has 5 heteroatoms. The third kappa shape index (κ3) is 4.37. The highest BCUT2D eigenvalue weighted by molar-refractivity contribution is 7.98. The van der Waals surface area contributed by atoms with Crippen molar-refractivity contribution in [1.29, 1.82) is 0 Å². The summed E-state index contributed by atoms with van der Waals surface area (Å²) in [4.78, 5) is 8.88. The third-order valence-electron chi connectivity index (χ3n) is 2.84.